The smallest absolute Gasteiger partial charge is 0.223 e. The number of thiophene rings is 1. The first kappa shape index (κ1) is 14.5. The van der Waals surface area contributed by atoms with E-state index < -0.39 is 0 Å². The molecule has 19 heavy (non-hydrogen) atoms. The maximum Gasteiger partial charge on any atom is 0.223 e. The summed E-state index contributed by atoms with van der Waals surface area (Å²) in [6.45, 7) is 6.00. The average molecular weight is 280 g/mol. The maximum absolute atomic E-state index is 12.3. The highest BCUT2D eigenvalue weighted by molar-refractivity contribution is 7.09. The Labute approximate surface area is 120 Å². The van der Waals surface area contributed by atoms with Gasteiger partial charge in [0.1, 0.15) is 0 Å². The Morgan fingerprint density at radius 1 is 1.53 bits per heavy atom. The lowest BCUT2D eigenvalue weighted by atomic mass is 10.2. The van der Waals surface area contributed by atoms with Crippen LogP contribution in [0.1, 0.15) is 44.4 Å². The van der Waals surface area contributed by atoms with Crippen molar-refractivity contribution in [1.29, 1.82) is 0 Å². The summed E-state index contributed by atoms with van der Waals surface area (Å²) in [6.07, 6.45) is 3.97. The fourth-order valence-electron chi connectivity index (χ4n) is 2.15. The van der Waals surface area contributed by atoms with Gasteiger partial charge in [-0.3, -0.25) is 4.79 Å². The molecule has 1 amide bonds. The van der Waals surface area contributed by atoms with Gasteiger partial charge in [0, 0.05) is 23.4 Å². The van der Waals surface area contributed by atoms with Crippen molar-refractivity contribution in [2.45, 2.75) is 58.2 Å². The van der Waals surface area contributed by atoms with Crippen LogP contribution in [-0.4, -0.2) is 29.4 Å². The Bertz CT molecular complexity index is 385. The standard InChI is InChI=1S/C15H24N2OS/c1-12(2)16-9-3-6-15(18)17(13-7-8-13)11-14-5-4-10-19-14/h4-5,10,12-13,16H,3,6-9,11H2,1-2H3. The van der Waals surface area contributed by atoms with Gasteiger partial charge in [0.25, 0.3) is 0 Å². The molecule has 0 bridgehead atoms. The zero-order chi connectivity index (χ0) is 13.7. The molecule has 1 N–H and O–H groups in total. The molecular weight excluding hydrogens is 256 g/mol. The predicted octanol–water partition coefficient (Wildman–Crippen LogP) is 3.02. The number of hydrogen-bond acceptors (Lipinski definition) is 3. The predicted molar refractivity (Wildman–Crippen MR) is 80.3 cm³/mol. The van der Waals surface area contributed by atoms with Gasteiger partial charge in [-0.1, -0.05) is 19.9 Å². The fourth-order valence-corrected chi connectivity index (χ4v) is 2.85. The third-order valence-electron chi connectivity index (χ3n) is 3.33. The van der Waals surface area contributed by atoms with E-state index in [9.17, 15) is 4.79 Å². The second-order valence-corrected chi connectivity index (χ2v) is 6.58. The van der Waals surface area contributed by atoms with Gasteiger partial charge in [-0.05, 0) is 37.3 Å². The van der Waals surface area contributed by atoms with Crippen LogP contribution in [0.5, 0.6) is 0 Å². The summed E-state index contributed by atoms with van der Waals surface area (Å²) in [4.78, 5) is 15.7. The number of nitrogens with zero attached hydrogens (tertiary/aromatic N) is 1. The van der Waals surface area contributed by atoms with Crippen molar-refractivity contribution in [2.24, 2.45) is 0 Å². The molecule has 1 aromatic rings. The van der Waals surface area contributed by atoms with Gasteiger partial charge in [-0.15, -0.1) is 11.3 Å². The van der Waals surface area contributed by atoms with Gasteiger partial charge < -0.3 is 10.2 Å². The number of rotatable bonds is 8. The minimum atomic E-state index is 0.321. The van der Waals surface area contributed by atoms with Crippen molar-refractivity contribution in [2.75, 3.05) is 6.54 Å². The minimum absolute atomic E-state index is 0.321. The van der Waals surface area contributed by atoms with Gasteiger partial charge in [-0.25, -0.2) is 0 Å². The molecule has 3 nitrogen and oxygen atoms in total. The lowest BCUT2D eigenvalue weighted by Crippen LogP contribution is -2.33. The SMILES string of the molecule is CC(C)NCCCC(=O)N(Cc1cccs1)C1CC1. The Hall–Kier alpha value is -0.870. The number of carbonyl (C=O) groups is 1. The summed E-state index contributed by atoms with van der Waals surface area (Å²) in [5.74, 6) is 0.321. The van der Waals surface area contributed by atoms with Gasteiger partial charge in [0.2, 0.25) is 5.91 Å². The highest BCUT2D eigenvalue weighted by Gasteiger charge is 2.32. The molecule has 4 heteroatoms. The van der Waals surface area contributed by atoms with Crippen molar-refractivity contribution in [1.82, 2.24) is 10.2 Å². The van der Waals surface area contributed by atoms with E-state index in [1.807, 2.05) is 0 Å². The van der Waals surface area contributed by atoms with E-state index in [1.165, 1.54) is 17.7 Å². The van der Waals surface area contributed by atoms with Crippen molar-refractivity contribution in [3.63, 3.8) is 0 Å². The first-order chi connectivity index (χ1) is 9.16. The van der Waals surface area contributed by atoms with Crippen LogP contribution in [0, 0.1) is 0 Å². The van der Waals surface area contributed by atoms with Crippen LogP contribution in [0.2, 0.25) is 0 Å². The molecule has 2 rings (SSSR count). The summed E-state index contributed by atoms with van der Waals surface area (Å²) in [6, 6.07) is 5.18. The Morgan fingerprint density at radius 2 is 2.32 bits per heavy atom. The molecule has 1 heterocycles. The van der Waals surface area contributed by atoms with Gasteiger partial charge >= 0.3 is 0 Å². The quantitative estimate of drug-likeness (QED) is 0.742. The molecule has 0 unspecified atom stereocenters. The second kappa shape index (κ2) is 7.06. The number of amides is 1. The minimum Gasteiger partial charge on any atom is -0.335 e. The summed E-state index contributed by atoms with van der Waals surface area (Å²) in [7, 11) is 0. The van der Waals surface area contributed by atoms with Gasteiger partial charge in [0.15, 0.2) is 0 Å². The summed E-state index contributed by atoms with van der Waals surface area (Å²) < 4.78 is 0. The summed E-state index contributed by atoms with van der Waals surface area (Å²) in [5.41, 5.74) is 0. The fraction of sp³-hybridized carbons (Fsp3) is 0.667. The normalized spacial score (nSPS) is 14.9. The van der Waals surface area contributed by atoms with E-state index in [-0.39, 0.29) is 0 Å². The molecule has 0 atom stereocenters. The topological polar surface area (TPSA) is 32.3 Å². The second-order valence-electron chi connectivity index (χ2n) is 5.54. The van der Waals surface area contributed by atoms with Crippen molar-refractivity contribution in [3.05, 3.63) is 22.4 Å². The van der Waals surface area contributed by atoms with Crippen LogP contribution >= 0.6 is 11.3 Å². The lowest BCUT2D eigenvalue weighted by Gasteiger charge is -2.22. The summed E-state index contributed by atoms with van der Waals surface area (Å²) >= 11 is 1.74. The third-order valence-corrected chi connectivity index (χ3v) is 4.20. The van der Waals surface area contributed by atoms with Crippen LogP contribution in [0.3, 0.4) is 0 Å². The third kappa shape index (κ3) is 4.96. The molecule has 0 aliphatic heterocycles. The summed E-state index contributed by atoms with van der Waals surface area (Å²) in [5, 5.41) is 5.44. The molecule has 0 spiro atoms. The van der Waals surface area contributed by atoms with Crippen LogP contribution in [0.25, 0.3) is 0 Å². The zero-order valence-electron chi connectivity index (χ0n) is 11.9. The van der Waals surface area contributed by atoms with Crippen LogP contribution in [-0.2, 0) is 11.3 Å². The lowest BCUT2D eigenvalue weighted by molar-refractivity contribution is -0.132. The molecule has 0 saturated heterocycles. The van der Waals surface area contributed by atoms with E-state index in [1.54, 1.807) is 11.3 Å². The molecule has 1 fully saturated rings. The molecule has 0 aromatic carbocycles. The van der Waals surface area contributed by atoms with Gasteiger partial charge in [-0.2, -0.15) is 0 Å². The first-order valence-electron chi connectivity index (χ1n) is 7.22. The van der Waals surface area contributed by atoms with Gasteiger partial charge in [0.05, 0.1) is 6.54 Å². The highest BCUT2D eigenvalue weighted by Crippen LogP contribution is 2.29. The number of carbonyl (C=O) groups excluding carboxylic acids is 1. The maximum atomic E-state index is 12.3. The largest absolute Gasteiger partial charge is 0.335 e. The van der Waals surface area contributed by atoms with E-state index in [2.05, 4.69) is 41.6 Å². The highest BCUT2D eigenvalue weighted by atomic mass is 32.1. The molecule has 1 aromatic heterocycles. The van der Waals surface area contributed by atoms with Crippen LogP contribution in [0.4, 0.5) is 0 Å². The first-order valence-corrected chi connectivity index (χ1v) is 8.10. The Balaban J connectivity index is 1.76. The van der Waals surface area contributed by atoms with Crippen LogP contribution < -0.4 is 5.32 Å². The van der Waals surface area contributed by atoms with Crippen LogP contribution in [0.15, 0.2) is 17.5 Å². The molecule has 1 aliphatic carbocycles. The Kier molecular flexibility index (Phi) is 5.40. The average Bonchev–Trinajstić information content (AvgIpc) is 3.08. The molecule has 1 saturated carbocycles. The van der Waals surface area contributed by atoms with Crippen molar-refractivity contribution in [3.8, 4) is 0 Å². The number of nitrogens with one attached hydrogen (secondary N) is 1. The van der Waals surface area contributed by atoms with E-state index in [4.69, 9.17) is 0 Å². The molecule has 0 radical (unpaired) electrons. The zero-order valence-corrected chi connectivity index (χ0v) is 12.7. The van der Waals surface area contributed by atoms with Crippen molar-refractivity contribution >= 4 is 17.2 Å². The van der Waals surface area contributed by atoms with E-state index in [0.717, 1.165) is 19.5 Å². The van der Waals surface area contributed by atoms with E-state index >= 15 is 0 Å². The molecule has 106 valence electrons. The van der Waals surface area contributed by atoms with Crippen molar-refractivity contribution < 1.29 is 4.79 Å². The van der Waals surface area contributed by atoms with E-state index in [0.29, 0.717) is 24.4 Å². The number of hydrogen-bond donors (Lipinski definition) is 1. The Morgan fingerprint density at radius 3 is 2.89 bits per heavy atom. The molecule has 1 aliphatic rings. The monoisotopic (exact) mass is 280 g/mol. The molecular formula is C15H24N2OS.